The second kappa shape index (κ2) is 11.8. The summed E-state index contributed by atoms with van der Waals surface area (Å²) < 4.78 is 66.2. The highest BCUT2D eigenvalue weighted by Gasteiger charge is 2.27. The molecule has 3 heterocycles. The number of esters is 1. The highest BCUT2D eigenvalue weighted by Crippen LogP contribution is 2.37. The smallest absolute Gasteiger partial charge is 0.306 e. The number of ether oxygens (including phenoxy) is 2. The van der Waals surface area contributed by atoms with Gasteiger partial charge in [0, 0.05) is 53.0 Å². The highest BCUT2D eigenvalue weighted by atomic mass is 32.2. The number of anilines is 2. The zero-order chi connectivity index (χ0) is 29.1. The van der Waals surface area contributed by atoms with Crippen molar-refractivity contribution in [2.24, 2.45) is 0 Å². The van der Waals surface area contributed by atoms with Crippen molar-refractivity contribution < 1.29 is 36.3 Å². The molecule has 12 heteroatoms. The number of H-pyrrole nitrogens is 1. The number of aromatic amines is 1. The van der Waals surface area contributed by atoms with Crippen molar-refractivity contribution in [1.82, 2.24) is 4.98 Å². The molecule has 0 saturated heterocycles. The van der Waals surface area contributed by atoms with E-state index in [0.29, 0.717) is 54.8 Å². The summed E-state index contributed by atoms with van der Waals surface area (Å²) in [4.78, 5) is 28.0. The number of sulfonamides is 1. The Bertz CT molecular complexity index is 1630. The van der Waals surface area contributed by atoms with E-state index in [4.69, 9.17) is 9.47 Å². The summed E-state index contributed by atoms with van der Waals surface area (Å²) in [7, 11) is -4.32. The van der Waals surface area contributed by atoms with E-state index < -0.39 is 26.6 Å². The molecule has 0 aliphatic carbocycles. The Kier molecular flexibility index (Phi) is 8.22. The van der Waals surface area contributed by atoms with Crippen molar-refractivity contribution >= 4 is 44.9 Å². The van der Waals surface area contributed by atoms with E-state index in [1.165, 1.54) is 12.1 Å². The standard InChI is InChI=1S/C29H29F2N3O6S/c1-2-40-28(35)9-7-21-24-16-39-10-4-3-5-25(24)32-27(21)15-23-22-14-19(6-8-26(22)33-29(23)36)34-41(37,38)20-12-17(30)11-18(31)13-20/h6,8,11-15,32,34H,2-5,7,9-10,16H2,1H3,(H,33,36)/b23-15-. The van der Waals surface area contributed by atoms with Crippen LogP contribution in [0.5, 0.6) is 0 Å². The Morgan fingerprint density at radius 1 is 1.15 bits per heavy atom. The summed E-state index contributed by atoms with van der Waals surface area (Å²) in [5, 5.41) is 2.78. The van der Waals surface area contributed by atoms with Gasteiger partial charge in [-0.3, -0.25) is 14.3 Å². The predicted octanol–water partition coefficient (Wildman–Crippen LogP) is 4.94. The molecule has 0 atom stereocenters. The van der Waals surface area contributed by atoms with E-state index in [0.717, 1.165) is 36.1 Å². The zero-order valence-corrected chi connectivity index (χ0v) is 23.1. The van der Waals surface area contributed by atoms with Gasteiger partial charge in [0.2, 0.25) is 0 Å². The SMILES string of the molecule is CCOC(=O)CCc1c(/C=C2\C(=O)Nc3ccc(NS(=O)(=O)c4cc(F)cc(F)c4)cc32)[nH]c2c1COCCCC2. The van der Waals surface area contributed by atoms with Gasteiger partial charge in [-0.2, -0.15) is 0 Å². The van der Waals surface area contributed by atoms with Crippen LogP contribution >= 0.6 is 0 Å². The average molecular weight is 586 g/mol. The third kappa shape index (κ3) is 6.33. The minimum absolute atomic E-state index is 0.102. The molecule has 1 aromatic heterocycles. The van der Waals surface area contributed by atoms with Gasteiger partial charge in [0.1, 0.15) is 11.6 Å². The molecule has 216 valence electrons. The molecule has 0 fully saturated rings. The van der Waals surface area contributed by atoms with Crippen LogP contribution in [0, 0.1) is 11.6 Å². The maximum atomic E-state index is 13.7. The van der Waals surface area contributed by atoms with Gasteiger partial charge in [-0.25, -0.2) is 17.2 Å². The molecule has 9 nitrogen and oxygen atoms in total. The number of aryl methyl sites for hydroxylation is 1. The first kappa shape index (κ1) is 28.5. The summed E-state index contributed by atoms with van der Waals surface area (Å²) in [5.74, 6) is -2.76. The van der Waals surface area contributed by atoms with Crippen LogP contribution in [0.15, 0.2) is 41.3 Å². The van der Waals surface area contributed by atoms with Crippen molar-refractivity contribution in [2.75, 3.05) is 23.3 Å². The summed E-state index contributed by atoms with van der Waals surface area (Å²) >= 11 is 0. The van der Waals surface area contributed by atoms with E-state index >= 15 is 0 Å². The van der Waals surface area contributed by atoms with Crippen molar-refractivity contribution in [2.45, 2.75) is 50.5 Å². The Balaban J connectivity index is 1.50. The van der Waals surface area contributed by atoms with Crippen molar-refractivity contribution in [3.8, 4) is 0 Å². The fraction of sp³-hybridized carbons (Fsp3) is 0.310. The number of aromatic nitrogens is 1. The van der Waals surface area contributed by atoms with Gasteiger partial charge in [-0.15, -0.1) is 0 Å². The Morgan fingerprint density at radius 2 is 1.93 bits per heavy atom. The quantitative estimate of drug-likeness (QED) is 0.254. The summed E-state index contributed by atoms with van der Waals surface area (Å²) in [6.45, 7) is 3.03. The Labute approximate surface area is 236 Å². The van der Waals surface area contributed by atoms with Gasteiger partial charge in [0.05, 0.1) is 23.7 Å². The zero-order valence-electron chi connectivity index (χ0n) is 22.3. The number of benzene rings is 2. The van der Waals surface area contributed by atoms with Crippen LogP contribution in [0.4, 0.5) is 20.2 Å². The fourth-order valence-electron chi connectivity index (χ4n) is 5.03. The third-order valence-electron chi connectivity index (χ3n) is 6.93. The molecule has 2 aliphatic heterocycles. The second-order valence-electron chi connectivity index (χ2n) is 9.77. The average Bonchev–Trinajstić information content (AvgIpc) is 3.37. The first-order valence-electron chi connectivity index (χ1n) is 13.3. The highest BCUT2D eigenvalue weighted by molar-refractivity contribution is 7.92. The Hall–Kier alpha value is -4.03. The van der Waals surface area contributed by atoms with E-state index in [2.05, 4.69) is 15.0 Å². The molecule has 0 radical (unpaired) electrons. The number of hydrogen-bond acceptors (Lipinski definition) is 6. The third-order valence-corrected chi connectivity index (χ3v) is 8.29. The van der Waals surface area contributed by atoms with Crippen LogP contribution in [0.3, 0.4) is 0 Å². The molecular formula is C29H29F2N3O6S. The largest absolute Gasteiger partial charge is 0.466 e. The minimum atomic E-state index is -4.32. The number of amides is 1. The molecule has 2 aromatic carbocycles. The lowest BCUT2D eigenvalue weighted by molar-refractivity contribution is -0.143. The Morgan fingerprint density at radius 3 is 2.68 bits per heavy atom. The molecule has 5 rings (SSSR count). The van der Waals surface area contributed by atoms with Crippen molar-refractivity contribution in [3.63, 3.8) is 0 Å². The van der Waals surface area contributed by atoms with Crippen LogP contribution in [-0.2, 0) is 48.5 Å². The van der Waals surface area contributed by atoms with Crippen LogP contribution < -0.4 is 10.0 Å². The van der Waals surface area contributed by atoms with Crippen LogP contribution in [0.25, 0.3) is 11.6 Å². The molecule has 41 heavy (non-hydrogen) atoms. The number of carbonyl (C=O) groups excluding carboxylic acids is 2. The predicted molar refractivity (Wildman–Crippen MR) is 148 cm³/mol. The molecule has 0 saturated carbocycles. The van der Waals surface area contributed by atoms with Crippen LogP contribution in [-0.4, -0.2) is 38.5 Å². The van der Waals surface area contributed by atoms with Gasteiger partial charge in [-0.1, -0.05) is 0 Å². The topological polar surface area (TPSA) is 127 Å². The van der Waals surface area contributed by atoms with Gasteiger partial charge >= 0.3 is 5.97 Å². The van der Waals surface area contributed by atoms with E-state index in [1.807, 2.05) is 0 Å². The van der Waals surface area contributed by atoms with Crippen LogP contribution in [0.1, 0.15) is 54.3 Å². The van der Waals surface area contributed by atoms with Gasteiger partial charge in [0.25, 0.3) is 15.9 Å². The first-order chi connectivity index (χ1) is 19.6. The molecule has 1 amide bonds. The first-order valence-corrected chi connectivity index (χ1v) is 14.7. The number of fused-ring (bicyclic) bond motifs is 2. The monoisotopic (exact) mass is 585 g/mol. The summed E-state index contributed by atoms with van der Waals surface area (Å²) in [6, 6.07) is 6.48. The van der Waals surface area contributed by atoms with Crippen molar-refractivity contribution in [3.05, 3.63) is 76.1 Å². The number of nitrogens with one attached hydrogen (secondary N) is 3. The maximum absolute atomic E-state index is 13.7. The molecule has 2 aliphatic rings. The second-order valence-corrected chi connectivity index (χ2v) is 11.5. The lowest BCUT2D eigenvalue weighted by Gasteiger charge is -2.12. The number of carbonyl (C=O) groups is 2. The van der Waals surface area contributed by atoms with Gasteiger partial charge in [0.15, 0.2) is 0 Å². The molecule has 0 unspecified atom stereocenters. The number of hydrogen-bond donors (Lipinski definition) is 3. The molecule has 3 N–H and O–H groups in total. The van der Waals surface area contributed by atoms with Gasteiger partial charge in [-0.05, 0) is 74.6 Å². The number of rotatable bonds is 8. The minimum Gasteiger partial charge on any atom is -0.466 e. The lowest BCUT2D eigenvalue weighted by Crippen LogP contribution is -2.13. The van der Waals surface area contributed by atoms with E-state index in [-0.39, 0.29) is 36.2 Å². The number of halogens is 2. The molecule has 0 spiro atoms. The molecule has 0 bridgehead atoms. The fourth-order valence-corrected chi connectivity index (χ4v) is 6.12. The normalized spacial score (nSPS) is 16.0. The van der Waals surface area contributed by atoms with E-state index in [1.54, 1.807) is 19.1 Å². The summed E-state index contributed by atoms with van der Waals surface area (Å²) in [5.41, 5.74) is 4.76. The molecule has 3 aromatic rings. The summed E-state index contributed by atoms with van der Waals surface area (Å²) in [6.07, 6.45) is 4.86. The van der Waals surface area contributed by atoms with Crippen molar-refractivity contribution in [1.29, 1.82) is 0 Å². The lowest BCUT2D eigenvalue weighted by atomic mass is 9.99. The van der Waals surface area contributed by atoms with E-state index in [9.17, 15) is 26.8 Å². The van der Waals surface area contributed by atoms with Gasteiger partial charge < -0.3 is 19.8 Å². The maximum Gasteiger partial charge on any atom is 0.306 e. The van der Waals surface area contributed by atoms with Crippen LogP contribution in [0.2, 0.25) is 0 Å². The molecular weight excluding hydrogens is 556 g/mol.